The largest absolute Gasteiger partial charge is 0.357 e. The second kappa shape index (κ2) is 3.96. The van der Waals surface area contributed by atoms with Gasteiger partial charge in [0.2, 0.25) is 0 Å². The summed E-state index contributed by atoms with van der Waals surface area (Å²) in [5, 5.41) is 4.41. The maximum atomic E-state index is 11.4. The number of hydrogen-bond acceptors (Lipinski definition) is 4. The molecule has 0 spiro atoms. The molecule has 90 valence electrons. The molecule has 6 heteroatoms. The highest BCUT2D eigenvalue weighted by molar-refractivity contribution is 5.72. The van der Waals surface area contributed by atoms with Crippen molar-refractivity contribution in [2.45, 2.75) is 25.5 Å². The summed E-state index contributed by atoms with van der Waals surface area (Å²) < 4.78 is 8.95. The van der Waals surface area contributed by atoms with Gasteiger partial charge < -0.3 is 4.74 Å². The van der Waals surface area contributed by atoms with E-state index >= 15 is 0 Å². The zero-order valence-corrected chi connectivity index (χ0v) is 9.67. The van der Waals surface area contributed by atoms with E-state index in [2.05, 4.69) is 10.1 Å². The molecular weight excluding hydrogens is 220 g/mol. The number of hydrogen-bond donors (Lipinski definition) is 0. The van der Waals surface area contributed by atoms with Crippen LogP contribution in [0.2, 0.25) is 0 Å². The van der Waals surface area contributed by atoms with Crippen LogP contribution in [0.25, 0.3) is 11.0 Å². The highest BCUT2D eigenvalue weighted by atomic mass is 16.5. The Hall–Kier alpha value is -1.69. The number of nitrogens with zero attached hydrogens (tertiary/aromatic N) is 4. The predicted octanol–water partition coefficient (Wildman–Crippen LogP) is 0.829. The van der Waals surface area contributed by atoms with Gasteiger partial charge in [-0.25, -0.2) is 9.48 Å². The number of fused-ring (bicyclic) bond motifs is 1. The van der Waals surface area contributed by atoms with E-state index in [1.807, 2.05) is 6.20 Å². The van der Waals surface area contributed by atoms with E-state index < -0.39 is 0 Å². The summed E-state index contributed by atoms with van der Waals surface area (Å²) in [4.78, 5) is 15.2. The van der Waals surface area contributed by atoms with Crippen LogP contribution in [-0.2, 0) is 11.8 Å². The van der Waals surface area contributed by atoms with Crippen LogP contribution in [0.5, 0.6) is 0 Å². The summed E-state index contributed by atoms with van der Waals surface area (Å²) in [6.07, 6.45) is 6.59. The smallest absolute Gasteiger partial charge is 0.347 e. The van der Waals surface area contributed by atoms with Crippen molar-refractivity contribution in [2.24, 2.45) is 7.05 Å². The van der Waals surface area contributed by atoms with E-state index in [9.17, 15) is 4.79 Å². The van der Waals surface area contributed by atoms with Crippen molar-refractivity contribution in [3.8, 4) is 0 Å². The summed E-state index contributed by atoms with van der Waals surface area (Å²) in [7, 11) is 1.70. The topological polar surface area (TPSA) is 61.9 Å². The lowest BCUT2D eigenvalue weighted by Crippen LogP contribution is -2.19. The molecule has 0 bridgehead atoms. The minimum absolute atomic E-state index is 0.00810. The normalized spacial score (nSPS) is 20.9. The zero-order valence-electron chi connectivity index (χ0n) is 9.67. The van der Waals surface area contributed by atoms with E-state index in [4.69, 9.17) is 4.74 Å². The van der Waals surface area contributed by atoms with Crippen LogP contribution in [0.4, 0.5) is 0 Å². The van der Waals surface area contributed by atoms with Crippen LogP contribution in [-0.4, -0.2) is 25.9 Å². The Morgan fingerprint density at radius 1 is 1.47 bits per heavy atom. The van der Waals surface area contributed by atoms with E-state index in [1.165, 1.54) is 10.8 Å². The maximum absolute atomic E-state index is 11.4. The van der Waals surface area contributed by atoms with E-state index in [-0.39, 0.29) is 11.9 Å². The molecule has 0 amide bonds. The van der Waals surface area contributed by atoms with Crippen molar-refractivity contribution >= 4 is 11.0 Å². The molecule has 0 aromatic carbocycles. The average Bonchev–Trinajstić information content (AvgIpc) is 2.80. The summed E-state index contributed by atoms with van der Waals surface area (Å²) in [6, 6.07) is 0. The quantitative estimate of drug-likeness (QED) is 0.733. The van der Waals surface area contributed by atoms with Crippen molar-refractivity contribution in [1.29, 1.82) is 0 Å². The monoisotopic (exact) mass is 234 g/mol. The van der Waals surface area contributed by atoms with Gasteiger partial charge in [-0.3, -0.25) is 4.57 Å². The molecule has 2 aromatic rings. The van der Waals surface area contributed by atoms with Gasteiger partial charge in [0.1, 0.15) is 11.7 Å². The van der Waals surface area contributed by atoms with Gasteiger partial charge in [0.25, 0.3) is 0 Å². The molecule has 0 saturated carbocycles. The third-order valence-corrected chi connectivity index (χ3v) is 3.14. The fourth-order valence-electron chi connectivity index (χ4n) is 2.13. The van der Waals surface area contributed by atoms with Gasteiger partial charge in [-0.2, -0.15) is 10.1 Å². The molecule has 2 aromatic heterocycles. The van der Waals surface area contributed by atoms with Crippen LogP contribution < -0.4 is 5.69 Å². The maximum Gasteiger partial charge on any atom is 0.347 e. The first-order chi connectivity index (χ1) is 8.25. The van der Waals surface area contributed by atoms with Crippen LogP contribution >= 0.6 is 0 Å². The van der Waals surface area contributed by atoms with Gasteiger partial charge in [-0.1, -0.05) is 0 Å². The van der Waals surface area contributed by atoms with Crippen molar-refractivity contribution in [1.82, 2.24) is 19.3 Å². The molecule has 6 nitrogen and oxygen atoms in total. The van der Waals surface area contributed by atoms with Crippen LogP contribution in [0, 0.1) is 0 Å². The Morgan fingerprint density at radius 2 is 2.35 bits per heavy atom. The molecule has 0 N–H and O–H groups in total. The third-order valence-electron chi connectivity index (χ3n) is 3.14. The highest BCUT2D eigenvalue weighted by Gasteiger charge is 2.17. The molecule has 3 rings (SSSR count). The van der Waals surface area contributed by atoms with Crippen molar-refractivity contribution in [3.05, 3.63) is 22.9 Å². The Morgan fingerprint density at radius 3 is 3.12 bits per heavy atom. The van der Waals surface area contributed by atoms with Crippen molar-refractivity contribution in [2.75, 3.05) is 6.61 Å². The molecule has 0 aliphatic carbocycles. The Kier molecular flexibility index (Phi) is 2.44. The third kappa shape index (κ3) is 1.74. The van der Waals surface area contributed by atoms with Gasteiger partial charge in [0.05, 0.1) is 17.9 Å². The van der Waals surface area contributed by atoms with Crippen molar-refractivity contribution < 1.29 is 4.74 Å². The first-order valence-corrected chi connectivity index (χ1v) is 5.78. The van der Waals surface area contributed by atoms with E-state index in [0.717, 1.165) is 36.9 Å². The number of aryl methyl sites for hydroxylation is 1. The molecule has 1 aliphatic rings. The van der Waals surface area contributed by atoms with Gasteiger partial charge >= 0.3 is 5.69 Å². The number of ether oxygens (including phenoxy) is 1. The molecular formula is C11H14N4O2. The van der Waals surface area contributed by atoms with Crippen LogP contribution in [0.15, 0.2) is 17.2 Å². The number of aromatic nitrogens is 4. The predicted molar refractivity (Wildman–Crippen MR) is 61.6 cm³/mol. The zero-order chi connectivity index (χ0) is 11.8. The van der Waals surface area contributed by atoms with E-state index in [1.54, 1.807) is 11.7 Å². The minimum atomic E-state index is -0.262. The van der Waals surface area contributed by atoms with E-state index in [0.29, 0.717) is 0 Å². The Balaban J connectivity index is 2.07. The second-order valence-electron chi connectivity index (χ2n) is 4.30. The summed E-state index contributed by atoms with van der Waals surface area (Å²) in [5.74, 6) is 0. The fourth-order valence-corrected chi connectivity index (χ4v) is 2.13. The van der Waals surface area contributed by atoms with Crippen LogP contribution in [0.3, 0.4) is 0 Å². The molecule has 1 unspecified atom stereocenters. The van der Waals surface area contributed by atoms with Gasteiger partial charge in [0.15, 0.2) is 0 Å². The SMILES string of the molecule is Cn1c(=O)ncc2nn(C3CCCCO3)cc21. The molecule has 0 radical (unpaired) electrons. The lowest BCUT2D eigenvalue weighted by Gasteiger charge is -2.22. The Bertz CT molecular complexity index is 595. The lowest BCUT2D eigenvalue weighted by molar-refractivity contribution is -0.0390. The number of rotatable bonds is 1. The molecule has 1 atom stereocenters. The Labute approximate surface area is 97.8 Å². The summed E-state index contributed by atoms with van der Waals surface area (Å²) in [6.45, 7) is 0.776. The van der Waals surface area contributed by atoms with Crippen molar-refractivity contribution in [3.63, 3.8) is 0 Å². The first kappa shape index (κ1) is 10.5. The first-order valence-electron chi connectivity index (χ1n) is 5.78. The fraction of sp³-hybridized carbons (Fsp3) is 0.545. The summed E-state index contributed by atoms with van der Waals surface area (Å²) >= 11 is 0. The van der Waals surface area contributed by atoms with Gasteiger partial charge in [0, 0.05) is 13.7 Å². The lowest BCUT2D eigenvalue weighted by atomic mass is 10.2. The standard InChI is InChI=1S/C11H14N4O2/c1-14-9-7-15(10-4-2-3-5-17-10)13-8(9)6-12-11(14)16/h6-7,10H,2-5H2,1H3. The average molecular weight is 234 g/mol. The highest BCUT2D eigenvalue weighted by Crippen LogP contribution is 2.23. The van der Waals surface area contributed by atoms with Gasteiger partial charge in [-0.15, -0.1) is 0 Å². The molecule has 3 heterocycles. The van der Waals surface area contributed by atoms with Gasteiger partial charge in [-0.05, 0) is 19.3 Å². The van der Waals surface area contributed by atoms with Crippen LogP contribution in [0.1, 0.15) is 25.5 Å². The minimum Gasteiger partial charge on any atom is -0.357 e. The second-order valence-corrected chi connectivity index (χ2v) is 4.30. The molecule has 1 aliphatic heterocycles. The molecule has 17 heavy (non-hydrogen) atoms. The summed E-state index contributed by atoms with van der Waals surface area (Å²) in [5.41, 5.74) is 1.25. The molecule has 1 fully saturated rings. The molecule has 1 saturated heterocycles.